The molecule has 3 aromatic carbocycles. The molecule has 4 rings (SSSR count). The van der Waals surface area contributed by atoms with Gasteiger partial charge in [0.2, 0.25) is 0 Å². The number of anilines is 1. The van der Waals surface area contributed by atoms with E-state index in [-0.39, 0.29) is 30.1 Å². The first kappa shape index (κ1) is 31.2. The third kappa shape index (κ3) is 9.13. The third-order valence-electron chi connectivity index (χ3n) is 6.70. The summed E-state index contributed by atoms with van der Waals surface area (Å²) in [6.07, 6.45) is -2.64. The van der Waals surface area contributed by atoms with Crippen LogP contribution in [-0.4, -0.2) is 57.0 Å². The van der Waals surface area contributed by atoms with Crippen molar-refractivity contribution in [3.05, 3.63) is 89.0 Å². The summed E-state index contributed by atoms with van der Waals surface area (Å²) in [5, 5.41) is 12.7. The SMILES string of the molecule is C[C@H](Cc1cc(C#N)c2c(c1)CCN2CCCOC(=O)c1ccccc1)NC(=O)COc1ccccc1OCC(F)(F)F. The van der Waals surface area contributed by atoms with E-state index in [9.17, 15) is 28.0 Å². The second kappa shape index (κ2) is 14.4. The summed E-state index contributed by atoms with van der Waals surface area (Å²) >= 11 is 0. The van der Waals surface area contributed by atoms with E-state index < -0.39 is 25.3 Å². The molecule has 1 N–H and O–H groups in total. The number of fused-ring (bicyclic) bond motifs is 1. The van der Waals surface area contributed by atoms with Crippen molar-refractivity contribution in [2.75, 3.05) is 37.8 Å². The summed E-state index contributed by atoms with van der Waals surface area (Å²) in [5.74, 6) is -0.882. The van der Waals surface area contributed by atoms with Crippen LogP contribution in [0.5, 0.6) is 11.5 Å². The Morgan fingerprint density at radius 1 is 1.05 bits per heavy atom. The summed E-state index contributed by atoms with van der Waals surface area (Å²) in [6, 6.07) is 20.5. The van der Waals surface area contributed by atoms with Gasteiger partial charge in [-0.25, -0.2) is 4.79 Å². The number of hydrogen-bond donors (Lipinski definition) is 1. The summed E-state index contributed by atoms with van der Waals surface area (Å²) in [4.78, 5) is 26.8. The molecule has 0 radical (unpaired) electrons. The first-order valence-electron chi connectivity index (χ1n) is 13.9. The Bertz CT molecular complexity index is 1460. The van der Waals surface area contributed by atoms with Crippen molar-refractivity contribution in [3.8, 4) is 17.6 Å². The minimum atomic E-state index is -4.50. The molecular weight excluding hydrogens is 563 g/mol. The van der Waals surface area contributed by atoms with Gasteiger partial charge in [-0.3, -0.25) is 4.79 Å². The maximum Gasteiger partial charge on any atom is 0.422 e. The van der Waals surface area contributed by atoms with Gasteiger partial charge in [-0.2, -0.15) is 18.4 Å². The van der Waals surface area contributed by atoms with Gasteiger partial charge in [0.15, 0.2) is 24.7 Å². The first-order chi connectivity index (χ1) is 20.6. The van der Waals surface area contributed by atoms with Crippen molar-refractivity contribution in [2.45, 2.75) is 38.4 Å². The monoisotopic (exact) mass is 595 g/mol. The number of nitrogens with zero attached hydrogens (tertiary/aromatic N) is 2. The molecule has 3 aromatic rings. The van der Waals surface area contributed by atoms with Gasteiger partial charge in [-0.15, -0.1) is 0 Å². The molecule has 1 heterocycles. The number of esters is 1. The highest BCUT2D eigenvalue weighted by molar-refractivity contribution is 5.89. The van der Waals surface area contributed by atoms with E-state index >= 15 is 0 Å². The van der Waals surface area contributed by atoms with Crippen LogP contribution in [0.15, 0.2) is 66.7 Å². The largest absolute Gasteiger partial charge is 0.480 e. The minimum absolute atomic E-state index is 0.0331. The number of ether oxygens (including phenoxy) is 3. The summed E-state index contributed by atoms with van der Waals surface area (Å²) in [7, 11) is 0. The lowest BCUT2D eigenvalue weighted by molar-refractivity contribution is -0.153. The van der Waals surface area contributed by atoms with Crippen molar-refractivity contribution in [2.24, 2.45) is 0 Å². The lowest BCUT2D eigenvalue weighted by Crippen LogP contribution is -2.37. The van der Waals surface area contributed by atoms with Crippen LogP contribution < -0.4 is 19.7 Å². The maximum atomic E-state index is 12.5. The zero-order valence-electron chi connectivity index (χ0n) is 23.7. The van der Waals surface area contributed by atoms with Crippen LogP contribution in [-0.2, 0) is 22.4 Å². The number of para-hydroxylation sites is 2. The van der Waals surface area contributed by atoms with Gasteiger partial charge in [-0.05, 0) is 67.6 Å². The molecule has 0 fully saturated rings. The van der Waals surface area contributed by atoms with Gasteiger partial charge in [0.25, 0.3) is 5.91 Å². The zero-order valence-corrected chi connectivity index (χ0v) is 23.7. The van der Waals surface area contributed by atoms with Crippen LogP contribution in [0.25, 0.3) is 0 Å². The minimum Gasteiger partial charge on any atom is -0.480 e. The van der Waals surface area contributed by atoms with Crippen molar-refractivity contribution >= 4 is 17.6 Å². The van der Waals surface area contributed by atoms with E-state index in [4.69, 9.17) is 14.2 Å². The van der Waals surface area contributed by atoms with Crippen molar-refractivity contribution in [1.82, 2.24) is 5.32 Å². The molecule has 226 valence electrons. The predicted molar refractivity (Wildman–Crippen MR) is 153 cm³/mol. The molecule has 0 aliphatic carbocycles. The fraction of sp³-hybridized carbons (Fsp3) is 0.344. The Morgan fingerprint density at radius 3 is 2.44 bits per heavy atom. The van der Waals surface area contributed by atoms with Gasteiger partial charge in [-0.1, -0.05) is 36.4 Å². The number of halogens is 3. The van der Waals surface area contributed by atoms with E-state index in [2.05, 4.69) is 16.3 Å². The molecule has 0 aromatic heterocycles. The van der Waals surface area contributed by atoms with Crippen LogP contribution in [0.1, 0.15) is 40.4 Å². The lowest BCUT2D eigenvalue weighted by Gasteiger charge is -2.21. The van der Waals surface area contributed by atoms with Crippen molar-refractivity contribution in [1.29, 1.82) is 5.26 Å². The summed E-state index contributed by atoms with van der Waals surface area (Å²) in [5.41, 5.74) is 3.88. The number of hydrogen-bond acceptors (Lipinski definition) is 7. The Balaban J connectivity index is 1.27. The quantitative estimate of drug-likeness (QED) is 0.213. The topological polar surface area (TPSA) is 101 Å². The molecule has 0 saturated heterocycles. The number of benzene rings is 3. The van der Waals surface area contributed by atoms with E-state index in [0.717, 1.165) is 29.8 Å². The highest BCUT2D eigenvalue weighted by Crippen LogP contribution is 2.33. The highest BCUT2D eigenvalue weighted by Gasteiger charge is 2.29. The van der Waals surface area contributed by atoms with Crippen molar-refractivity contribution in [3.63, 3.8) is 0 Å². The third-order valence-corrected chi connectivity index (χ3v) is 6.70. The molecule has 0 bridgehead atoms. The normalized spacial score (nSPS) is 13.0. The van der Waals surface area contributed by atoms with E-state index in [1.807, 2.05) is 25.1 Å². The molecule has 8 nitrogen and oxygen atoms in total. The molecule has 0 spiro atoms. The van der Waals surface area contributed by atoms with Gasteiger partial charge in [0.05, 0.1) is 23.4 Å². The van der Waals surface area contributed by atoms with Gasteiger partial charge < -0.3 is 24.4 Å². The number of carbonyl (C=O) groups excluding carboxylic acids is 2. The van der Waals surface area contributed by atoms with Crippen LogP contribution in [0.2, 0.25) is 0 Å². The lowest BCUT2D eigenvalue weighted by atomic mass is 9.99. The number of carbonyl (C=O) groups is 2. The van der Waals surface area contributed by atoms with Gasteiger partial charge >= 0.3 is 12.1 Å². The average molecular weight is 596 g/mol. The Hall–Kier alpha value is -4.72. The summed E-state index contributed by atoms with van der Waals surface area (Å²) < 4.78 is 53.1. The number of rotatable bonds is 13. The Morgan fingerprint density at radius 2 is 1.74 bits per heavy atom. The number of amides is 1. The first-order valence-corrected chi connectivity index (χ1v) is 13.9. The average Bonchev–Trinajstić information content (AvgIpc) is 3.39. The molecule has 11 heteroatoms. The molecule has 1 aliphatic rings. The van der Waals surface area contributed by atoms with Gasteiger partial charge in [0, 0.05) is 19.1 Å². The fourth-order valence-corrected chi connectivity index (χ4v) is 4.91. The standard InChI is InChI=1S/C32H32F3N3O5/c1-22(37-29(39)20-42-27-10-5-6-11-28(27)43-21-32(33,34)35)16-23-17-25-12-14-38(30(25)26(18-23)19-36)13-7-15-41-31(40)24-8-3-2-4-9-24/h2-6,8-11,17-18,22H,7,12-16,20-21H2,1H3,(H,37,39)/t22-/m1/s1. The van der Waals surface area contributed by atoms with Crippen LogP contribution in [0, 0.1) is 11.3 Å². The number of alkyl halides is 3. The maximum absolute atomic E-state index is 12.5. The number of nitrogens with one attached hydrogen (secondary N) is 1. The van der Waals surface area contributed by atoms with E-state index in [0.29, 0.717) is 30.5 Å². The smallest absolute Gasteiger partial charge is 0.422 e. The summed E-state index contributed by atoms with van der Waals surface area (Å²) in [6.45, 7) is 1.61. The van der Waals surface area contributed by atoms with Crippen molar-refractivity contribution < 1.29 is 37.0 Å². The van der Waals surface area contributed by atoms with Crippen LogP contribution >= 0.6 is 0 Å². The predicted octanol–water partition coefficient (Wildman–Crippen LogP) is 5.24. The fourth-order valence-electron chi connectivity index (χ4n) is 4.91. The molecule has 0 saturated carbocycles. The molecule has 1 aliphatic heterocycles. The number of nitriles is 1. The van der Waals surface area contributed by atoms with E-state index in [1.165, 1.54) is 18.2 Å². The molecule has 0 unspecified atom stereocenters. The Kier molecular flexibility index (Phi) is 10.5. The molecule has 43 heavy (non-hydrogen) atoms. The van der Waals surface area contributed by atoms with Crippen LogP contribution in [0.4, 0.5) is 18.9 Å². The second-order valence-electron chi connectivity index (χ2n) is 10.2. The molecule has 1 atom stereocenters. The highest BCUT2D eigenvalue weighted by atomic mass is 19.4. The molecular formula is C32H32F3N3O5. The van der Waals surface area contributed by atoms with Gasteiger partial charge in [0.1, 0.15) is 6.07 Å². The molecule has 1 amide bonds. The second-order valence-corrected chi connectivity index (χ2v) is 10.2. The zero-order chi connectivity index (χ0) is 30.8. The van der Waals surface area contributed by atoms with Crippen LogP contribution in [0.3, 0.4) is 0 Å². The van der Waals surface area contributed by atoms with E-state index in [1.54, 1.807) is 30.3 Å². The Labute approximate surface area is 248 Å².